The number of ether oxygens (including phenoxy) is 2. The number of carbonyl (C=O) groups excluding carboxylic acids is 1. The molecule has 3 aromatic rings. The maximum atomic E-state index is 12.5. The van der Waals surface area contributed by atoms with Gasteiger partial charge in [-0.25, -0.2) is 0 Å². The van der Waals surface area contributed by atoms with Crippen molar-refractivity contribution in [2.24, 2.45) is 0 Å². The lowest BCUT2D eigenvalue weighted by Gasteiger charge is -2.22. The quantitative estimate of drug-likeness (QED) is 0.666. The fraction of sp³-hybridized carbons (Fsp3) is 0.273. The molecule has 4 rings (SSSR count). The number of hydrogen-bond donors (Lipinski definition) is 2. The number of piperidine rings is 1. The third kappa shape index (κ3) is 4.75. The van der Waals surface area contributed by atoms with E-state index in [1.165, 1.54) is 0 Å². The summed E-state index contributed by atoms with van der Waals surface area (Å²) in [7, 11) is 1.62. The SMILES string of the molecule is COc1cccc(Oc2ccc(NC(=O)c3ccn(C4CCCNC4)n3)cc2)c1. The maximum absolute atomic E-state index is 12.5. The predicted molar refractivity (Wildman–Crippen MR) is 111 cm³/mol. The Morgan fingerprint density at radius 3 is 2.72 bits per heavy atom. The van der Waals surface area contributed by atoms with Crippen LogP contribution < -0.4 is 20.1 Å². The lowest BCUT2D eigenvalue weighted by molar-refractivity contribution is 0.102. The molecule has 1 atom stereocenters. The van der Waals surface area contributed by atoms with Gasteiger partial charge >= 0.3 is 0 Å². The van der Waals surface area contributed by atoms with E-state index in [9.17, 15) is 4.79 Å². The van der Waals surface area contributed by atoms with Gasteiger partial charge < -0.3 is 20.1 Å². The van der Waals surface area contributed by atoms with E-state index >= 15 is 0 Å². The van der Waals surface area contributed by atoms with Gasteiger partial charge in [0.15, 0.2) is 5.69 Å². The average molecular weight is 392 g/mol. The summed E-state index contributed by atoms with van der Waals surface area (Å²) in [5.41, 5.74) is 1.09. The average Bonchev–Trinajstić information content (AvgIpc) is 3.26. The van der Waals surface area contributed by atoms with Crippen molar-refractivity contribution in [3.63, 3.8) is 0 Å². The van der Waals surface area contributed by atoms with Crippen molar-refractivity contribution in [2.75, 3.05) is 25.5 Å². The first-order chi connectivity index (χ1) is 14.2. The van der Waals surface area contributed by atoms with Crippen molar-refractivity contribution in [2.45, 2.75) is 18.9 Å². The normalized spacial score (nSPS) is 16.2. The molecule has 1 aliphatic heterocycles. The summed E-state index contributed by atoms with van der Waals surface area (Å²) in [6.45, 7) is 1.93. The topological polar surface area (TPSA) is 77.4 Å². The highest BCUT2D eigenvalue weighted by Gasteiger charge is 2.17. The molecule has 0 bridgehead atoms. The molecule has 0 saturated carbocycles. The van der Waals surface area contributed by atoms with Crippen molar-refractivity contribution in [1.29, 1.82) is 0 Å². The van der Waals surface area contributed by atoms with E-state index in [-0.39, 0.29) is 5.91 Å². The van der Waals surface area contributed by atoms with E-state index in [2.05, 4.69) is 15.7 Å². The number of nitrogens with zero attached hydrogens (tertiary/aromatic N) is 2. The van der Waals surface area contributed by atoms with Crippen molar-refractivity contribution in [3.05, 3.63) is 66.5 Å². The number of methoxy groups -OCH3 is 1. The van der Waals surface area contributed by atoms with Gasteiger partial charge in [-0.2, -0.15) is 5.10 Å². The van der Waals surface area contributed by atoms with Gasteiger partial charge in [-0.15, -0.1) is 0 Å². The summed E-state index contributed by atoms with van der Waals surface area (Å²) in [6, 6.07) is 16.7. The molecule has 1 saturated heterocycles. The van der Waals surface area contributed by atoms with Crippen LogP contribution in [0.5, 0.6) is 17.2 Å². The van der Waals surface area contributed by atoms with Crippen molar-refractivity contribution in [1.82, 2.24) is 15.1 Å². The maximum Gasteiger partial charge on any atom is 0.276 e. The monoisotopic (exact) mass is 392 g/mol. The summed E-state index contributed by atoms with van der Waals surface area (Å²) in [4.78, 5) is 12.5. The molecule has 7 nitrogen and oxygen atoms in total. The number of rotatable bonds is 6. The van der Waals surface area contributed by atoms with Crippen LogP contribution in [0.2, 0.25) is 0 Å². The van der Waals surface area contributed by atoms with Crippen LogP contribution in [0.25, 0.3) is 0 Å². The van der Waals surface area contributed by atoms with E-state index in [1.54, 1.807) is 37.4 Å². The fourth-order valence-corrected chi connectivity index (χ4v) is 3.32. The minimum atomic E-state index is -0.228. The molecule has 0 radical (unpaired) electrons. The van der Waals surface area contributed by atoms with Gasteiger partial charge in [-0.3, -0.25) is 9.48 Å². The number of hydrogen-bond acceptors (Lipinski definition) is 5. The van der Waals surface area contributed by atoms with Crippen LogP contribution in [-0.2, 0) is 0 Å². The van der Waals surface area contributed by atoms with Crippen LogP contribution in [0.4, 0.5) is 5.69 Å². The first-order valence-electron chi connectivity index (χ1n) is 9.70. The summed E-state index contributed by atoms with van der Waals surface area (Å²) < 4.78 is 12.9. The fourth-order valence-electron chi connectivity index (χ4n) is 3.32. The van der Waals surface area contributed by atoms with Gasteiger partial charge in [0.1, 0.15) is 17.2 Å². The van der Waals surface area contributed by atoms with Crippen LogP contribution in [0, 0.1) is 0 Å². The molecule has 29 heavy (non-hydrogen) atoms. The third-order valence-corrected chi connectivity index (χ3v) is 4.88. The van der Waals surface area contributed by atoms with E-state index in [1.807, 2.05) is 35.1 Å². The largest absolute Gasteiger partial charge is 0.497 e. The molecule has 0 aliphatic carbocycles. The highest BCUT2D eigenvalue weighted by atomic mass is 16.5. The van der Waals surface area contributed by atoms with E-state index < -0.39 is 0 Å². The molecule has 7 heteroatoms. The Morgan fingerprint density at radius 2 is 1.97 bits per heavy atom. The predicted octanol–water partition coefficient (Wildman–Crippen LogP) is 3.86. The minimum Gasteiger partial charge on any atom is -0.497 e. The van der Waals surface area contributed by atoms with Crippen LogP contribution >= 0.6 is 0 Å². The zero-order valence-electron chi connectivity index (χ0n) is 16.3. The minimum absolute atomic E-state index is 0.228. The molecule has 1 aliphatic rings. The number of aromatic nitrogens is 2. The van der Waals surface area contributed by atoms with Crippen molar-refractivity contribution < 1.29 is 14.3 Å². The van der Waals surface area contributed by atoms with E-state index in [0.29, 0.717) is 28.9 Å². The van der Waals surface area contributed by atoms with Crippen LogP contribution in [0.3, 0.4) is 0 Å². The molecule has 2 N–H and O–H groups in total. The van der Waals surface area contributed by atoms with Gasteiger partial charge in [0.05, 0.1) is 13.2 Å². The Labute approximate surface area is 169 Å². The molecular formula is C22H24N4O3. The second kappa shape index (κ2) is 8.79. The number of nitrogens with one attached hydrogen (secondary N) is 2. The molecule has 2 heterocycles. The standard InChI is InChI=1S/C22H24N4O3/c1-28-19-5-2-6-20(14-19)29-18-9-7-16(8-10-18)24-22(27)21-11-13-26(25-21)17-4-3-12-23-15-17/h2,5-11,13-14,17,23H,3-4,12,15H2,1H3,(H,24,27). The molecule has 1 aromatic heterocycles. The Hall–Kier alpha value is -3.32. The zero-order chi connectivity index (χ0) is 20.1. The summed E-state index contributed by atoms with van der Waals surface area (Å²) in [6.07, 6.45) is 4.07. The van der Waals surface area contributed by atoms with Gasteiger partial charge in [-0.05, 0) is 61.9 Å². The van der Waals surface area contributed by atoms with Crippen LogP contribution in [0.15, 0.2) is 60.8 Å². The molecule has 150 valence electrons. The first kappa shape index (κ1) is 19.0. The molecule has 1 unspecified atom stereocenters. The van der Waals surface area contributed by atoms with Gasteiger partial charge in [-0.1, -0.05) is 6.07 Å². The summed E-state index contributed by atoms with van der Waals surface area (Å²) in [5, 5.41) is 10.7. The van der Waals surface area contributed by atoms with Crippen LogP contribution in [-0.4, -0.2) is 35.9 Å². The van der Waals surface area contributed by atoms with Crippen molar-refractivity contribution >= 4 is 11.6 Å². The number of anilines is 1. The first-order valence-corrected chi connectivity index (χ1v) is 9.70. The lowest BCUT2D eigenvalue weighted by atomic mass is 10.1. The highest BCUT2D eigenvalue weighted by molar-refractivity contribution is 6.02. The highest BCUT2D eigenvalue weighted by Crippen LogP contribution is 2.26. The third-order valence-electron chi connectivity index (χ3n) is 4.88. The molecule has 2 aromatic carbocycles. The van der Waals surface area contributed by atoms with Crippen LogP contribution in [0.1, 0.15) is 29.4 Å². The zero-order valence-corrected chi connectivity index (χ0v) is 16.3. The second-order valence-corrected chi connectivity index (χ2v) is 6.94. The molecular weight excluding hydrogens is 368 g/mol. The second-order valence-electron chi connectivity index (χ2n) is 6.94. The van der Waals surface area contributed by atoms with E-state index in [0.717, 1.165) is 31.7 Å². The van der Waals surface area contributed by atoms with Crippen molar-refractivity contribution in [3.8, 4) is 17.2 Å². The van der Waals surface area contributed by atoms with Gasteiger partial charge in [0.25, 0.3) is 5.91 Å². The summed E-state index contributed by atoms with van der Waals surface area (Å²) in [5.74, 6) is 1.86. The molecule has 1 amide bonds. The summed E-state index contributed by atoms with van der Waals surface area (Å²) >= 11 is 0. The lowest BCUT2D eigenvalue weighted by Crippen LogP contribution is -2.32. The van der Waals surface area contributed by atoms with Gasteiger partial charge in [0.2, 0.25) is 0 Å². The van der Waals surface area contributed by atoms with E-state index in [4.69, 9.17) is 9.47 Å². The van der Waals surface area contributed by atoms with Gasteiger partial charge in [0, 0.05) is 24.5 Å². The number of amides is 1. The number of carbonyl (C=O) groups is 1. The Bertz CT molecular complexity index is 962. The Morgan fingerprint density at radius 1 is 1.14 bits per heavy atom. The number of benzene rings is 2. The molecule has 0 spiro atoms. The Balaban J connectivity index is 1.37. The smallest absolute Gasteiger partial charge is 0.276 e. The Kier molecular flexibility index (Phi) is 5.76. The molecule has 1 fully saturated rings.